The second kappa shape index (κ2) is 9.51. The molecule has 1 aliphatic rings. The summed E-state index contributed by atoms with van der Waals surface area (Å²) in [5.41, 5.74) is 0.936. The van der Waals surface area contributed by atoms with Crippen LogP contribution >= 0.6 is 0 Å². The molecule has 2 atom stereocenters. The molecule has 9 heteroatoms. The summed E-state index contributed by atoms with van der Waals surface area (Å²) in [5, 5.41) is 3.12. The number of nitrogens with zero attached hydrogens (tertiary/aromatic N) is 1. The monoisotopic (exact) mass is 476 g/mol. The molecule has 1 aliphatic heterocycles. The smallest absolute Gasteiger partial charge is 0.261 e. The van der Waals surface area contributed by atoms with E-state index in [1.807, 2.05) is 39.0 Å². The Balaban J connectivity index is 1.75. The van der Waals surface area contributed by atoms with E-state index in [-0.39, 0.29) is 11.9 Å². The van der Waals surface area contributed by atoms with Crippen molar-refractivity contribution < 1.29 is 27.4 Å². The lowest BCUT2D eigenvalue weighted by atomic mass is 9.89. The van der Waals surface area contributed by atoms with Crippen molar-refractivity contribution in [2.24, 2.45) is 0 Å². The first-order valence-corrected chi connectivity index (χ1v) is 12.7. The Hall–Kier alpha value is -2.94. The fourth-order valence-corrected chi connectivity index (χ4v) is 4.27. The summed E-state index contributed by atoms with van der Waals surface area (Å²) in [6, 6.07) is 11.9. The molecule has 0 aromatic heterocycles. The molecule has 1 amide bonds. The Morgan fingerprint density at radius 3 is 2.42 bits per heavy atom. The number of anilines is 1. The molecule has 3 rings (SSSR count). The van der Waals surface area contributed by atoms with Gasteiger partial charge in [0.25, 0.3) is 5.91 Å². The van der Waals surface area contributed by atoms with Gasteiger partial charge in [-0.05, 0) is 62.7 Å². The normalized spacial score (nSPS) is 17.8. The fourth-order valence-electron chi connectivity index (χ4n) is 3.77. The molecule has 0 spiro atoms. The van der Waals surface area contributed by atoms with E-state index >= 15 is 0 Å². The van der Waals surface area contributed by atoms with E-state index in [1.165, 1.54) is 11.4 Å². The number of amides is 1. The molecule has 2 aromatic carbocycles. The lowest BCUT2D eigenvalue weighted by molar-refractivity contribution is -0.129. The minimum Gasteiger partial charge on any atom is -0.497 e. The minimum atomic E-state index is -3.36. The van der Waals surface area contributed by atoms with Crippen LogP contribution in [0.1, 0.15) is 45.2 Å². The highest BCUT2D eigenvalue weighted by Crippen LogP contribution is 2.41. The molecule has 0 saturated carbocycles. The van der Waals surface area contributed by atoms with Crippen LogP contribution in [0.2, 0.25) is 0 Å². The fraction of sp³-hybridized carbons (Fsp3) is 0.458. The van der Waals surface area contributed by atoms with Crippen LogP contribution < -0.4 is 23.8 Å². The number of methoxy groups -OCH3 is 1. The Labute approximate surface area is 195 Å². The summed E-state index contributed by atoms with van der Waals surface area (Å²) < 4.78 is 42.0. The highest BCUT2D eigenvalue weighted by molar-refractivity contribution is 7.92. The van der Waals surface area contributed by atoms with Crippen molar-refractivity contribution in [3.8, 4) is 17.2 Å². The number of sulfonamides is 1. The van der Waals surface area contributed by atoms with E-state index in [1.54, 1.807) is 31.4 Å². The lowest BCUT2D eigenvalue weighted by Crippen LogP contribution is -2.45. The van der Waals surface area contributed by atoms with Gasteiger partial charge in [0.15, 0.2) is 6.10 Å². The van der Waals surface area contributed by atoms with Crippen LogP contribution in [0.3, 0.4) is 0 Å². The van der Waals surface area contributed by atoms with Crippen LogP contribution in [0.4, 0.5) is 5.69 Å². The zero-order valence-corrected chi connectivity index (χ0v) is 20.7. The maximum atomic E-state index is 13.1. The van der Waals surface area contributed by atoms with Gasteiger partial charge in [-0.2, -0.15) is 0 Å². The number of benzene rings is 2. The molecular formula is C24H32N2O6S. The quantitative estimate of drug-likeness (QED) is 0.625. The van der Waals surface area contributed by atoms with Crippen molar-refractivity contribution in [2.75, 3.05) is 24.7 Å². The van der Waals surface area contributed by atoms with E-state index in [0.717, 1.165) is 17.6 Å². The van der Waals surface area contributed by atoms with Gasteiger partial charge in [-0.3, -0.25) is 9.10 Å². The topological polar surface area (TPSA) is 94.2 Å². The molecule has 0 bridgehead atoms. The summed E-state index contributed by atoms with van der Waals surface area (Å²) >= 11 is 0. The Morgan fingerprint density at radius 1 is 1.21 bits per heavy atom. The number of fused-ring (bicyclic) bond motifs is 1. The maximum absolute atomic E-state index is 13.1. The van der Waals surface area contributed by atoms with Gasteiger partial charge in [-0.15, -0.1) is 0 Å². The highest BCUT2D eigenvalue weighted by Gasteiger charge is 2.36. The summed E-state index contributed by atoms with van der Waals surface area (Å²) in [6.45, 7) is 5.85. The third kappa shape index (κ3) is 5.90. The first-order chi connectivity index (χ1) is 15.4. The molecule has 1 heterocycles. The third-order valence-electron chi connectivity index (χ3n) is 5.63. The van der Waals surface area contributed by atoms with E-state index < -0.39 is 21.7 Å². The molecule has 33 heavy (non-hydrogen) atoms. The molecular weight excluding hydrogens is 444 g/mol. The summed E-state index contributed by atoms with van der Waals surface area (Å²) in [7, 11) is -0.274. The molecule has 1 N–H and O–H groups in total. The third-order valence-corrected chi connectivity index (χ3v) is 6.84. The van der Waals surface area contributed by atoms with Crippen LogP contribution in [-0.2, 0) is 14.8 Å². The van der Waals surface area contributed by atoms with E-state index in [2.05, 4.69) is 5.32 Å². The van der Waals surface area contributed by atoms with Crippen molar-refractivity contribution >= 4 is 21.6 Å². The molecule has 0 aliphatic carbocycles. The van der Waals surface area contributed by atoms with Crippen molar-refractivity contribution in [3.05, 3.63) is 48.0 Å². The van der Waals surface area contributed by atoms with Gasteiger partial charge in [0.05, 0.1) is 25.1 Å². The molecule has 180 valence electrons. The maximum Gasteiger partial charge on any atom is 0.261 e. The number of hydrogen-bond donors (Lipinski definition) is 1. The van der Waals surface area contributed by atoms with Gasteiger partial charge in [0.1, 0.15) is 22.8 Å². The molecule has 0 fully saturated rings. The number of carbonyl (C=O) groups is 1. The summed E-state index contributed by atoms with van der Waals surface area (Å²) in [6.07, 6.45) is 1.50. The second-order valence-electron chi connectivity index (χ2n) is 8.77. The molecule has 8 nitrogen and oxygen atoms in total. The Kier molecular flexibility index (Phi) is 7.11. The minimum absolute atomic E-state index is 0.230. The first-order valence-electron chi connectivity index (χ1n) is 10.8. The number of ether oxygens (including phenoxy) is 3. The summed E-state index contributed by atoms with van der Waals surface area (Å²) in [5.74, 6) is 1.67. The number of carbonyl (C=O) groups excluding carboxylic acids is 1. The van der Waals surface area contributed by atoms with Crippen molar-refractivity contribution in [1.29, 1.82) is 0 Å². The van der Waals surface area contributed by atoms with E-state index in [9.17, 15) is 13.2 Å². The Bertz CT molecular complexity index is 1100. The van der Waals surface area contributed by atoms with Crippen LogP contribution in [0.15, 0.2) is 42.5 Å². The van der Waals surface area contributed by atoms with Crippen molar-refractivity contribution in [3.63, 3.8) is 0 Å². The molecule has 0 radical (unpaired) electrons. The van der Waals surface area contributed by atoms with E-state index in [0.29, 0.717) is 30.0 Å². The SMILES string of the molecule is CC[C@H](Oc1ccc(N(C)S(C)(=O)=O)cc1)C(=O)N[C@@H]1CC(C)(C)Oc2ccc(OC)cc21. The van der Waals surface area contributed by atoms with Gasteiger partial charge in [-0.25, -0.2) is 8.42 Å². The number of rotatable bonds is 8. The second-order valence-corrected chi connectivity index (χ2v) is 10.8. The van der Waals surface area contributed by atoms with Crippen LogP contribution in [0, 0.1) is 0 Å². The van der Waals surface area contributed by atoms with Gasteiger partial charge < -0.3 is 19.5 Å². The average Bonchev–Trinajstić information content (AvgIpc) is 2.75. The predicted molar refractivity (Wildman–Crippen MR) is 128 cm³/mol. The van der Waals surface area contributed by atoms with Crippen molar-refractivity contribution in [2.45, 2.75) is 51.4 Å². The van der Waals surface area contributed by atoms with Crippen LogP contribution in [-0.4, -0.2) is 46.4 Å². The average molecular weight is 477 g/mol. The largest absolute Gasteiger partial charge is 0.497 e. The van der Waals surface area contributed by atoms with Gasteiger partial charge in [0.2, 0.25) is 10.0 Å². The molecule has 2 aromatic rings. The van der Waals surface area contributed by atoms with Crippen LogP contribution in [0.5, 0.6) is 17.2 Å². The van der Waals surface area contributed by atoms with Gasteiger partial charge in [0, 0.05) is 19.0 Å². The summed E-state index contributed by atoms with van der Waals surface area (Å²) in [4.78, 5) is 13.1. The van der Waals surface area contributed by atoms with E-state index in [4.69, 9.17) is 14.2 Å². The van der Waals surface area contributed by atoms with Gasteiger partial charge in [-0.1, -0.05) is 6.92 Å². The standard InChI is InChI=1S/C24H32N2O6S/c1-7-21(31-17-10-8-16(9-11-17)26(4)33(6,28)29)23(27)25-20-15-24(2,3)32-22-13-12-18(30-5)14-19(20)22/h8-14,20-21H,7,15H2,1-6H3,(H,25,27)/t20-,21+/m1/s1. The first kappa shape index (κ1) is 24.7. The molecule has 0 unspecified atom stereocenters. The van der Waals surface area contributed by atoms with Gasteiger partial charge >= 0.3 is 0 Å². The Morgan fingerprint density at radius 2 is 1.85 bits per heavy atom. The predicted octanol–water partition coefficient (Wildman–Crippen LogP) is 3.67. The highest BCUT2D eigenvalue weighted by atomic mass is 32.2. The van der Waals surface area contributed by atoms with Crippen LogP contribution in [0.25, 0.3) is 0 Å². The lowest BCUT2D eigenvalue weighted by Gasteiger charge is -2.38. The number of hydrogen-bond acceptors (Lipinski definition) is 6. The van der Waals surface area contributed by atoms with Crippen molar-refractivity contribution in [1.82, 2.24) is 5.32 Å². The molecule has 0 saturated heterocycles. The zero-order valence-electron chi connectivity index (χ0n) is 19.9. The zero-order chi connectivity index (χ0) is 24.4. The number of nitrogens with one attached hydrogen (secondary N) is 1.